The van der Waals surface area contributed by atoms with E-state index in [-0.39, 0.29) is 36.9 Å². The molecule has 2 aromatic heterocycles. The second-order valence-corrected chi connectivity index (χ2v) is 6.32. The molecule has 0 radical (unpaired) electrons. The van der Waals surface area contributed by atoms with Gasteiger partial charge in [0.25, 0.3) is 0 Å². The number of amides is 1. The molecule has 0 unspecified atom stereocenters. The number of halogens is 1. The van der Waals surface area contributed by atoms with Gasteiger partial charge in [-0.3, -0.25) is 24.3 Å². The van der Waals surface area contributed by atoms with E-state index >= 15 is 0 Å². The van der Waals surface area contributed by atoms with Gasteiger partial charge in [-0.05, 0) is 19.9 Å². The van der Waals surface area contributed by atoms with Crippen LogP contribution in [-0.4, -0.2) is 30.4 Å². The van der Waals surface area contributed by atoms with Crippen molar-refractivity contribution in [2.75, 3.05) is 5.32 Å². The van der Waals surface area contributed by atoms with Crippen molar-refractivity contribution in [1.82, 2.24) is 19.6 Å². The molecule has 3 rings (SSSR count). The normalized spacial score (nSPS) is 10.8. The second-order valence-electron chi connectivity index (χ2n) is 6.32. The van der Waals surface area contributed by atoms with Crippen molar-refractivity contribution in [1.29, 1.82) is 0 Å². The highest BCUT2D eigenvalue weighted by molar-refractivity contribution is 5.90. The van der Waals surface area contributed by atoms with E-state index in [0.717, 1.165) is 0 Å². The highest BCUT2D eigenvalue weighted by atomic mass is 19.1. The maximum atomic E-state index is 13.7. The van der Waals surface area contributed by atoms with Crippen LogP contribution in [0.4, 0.5) is 15.8 Å². The van der Waals surface area contributed by atoms with Crippen LogP contribution in [0.2, 0.25) is 0 Å². The van der Waals surface area contributed by atoms with Gasteiger partial charge in [0.05, 0.1) is 29.9 Å². The van der Waals surface area contributed by atoms with Crippen molar-refractivity contribution in [2.24, 2.45) is 0 Å². The minimum Gasteiger partial charge on any atom is -0.323 e. The number of hydrogen-bond acceptors (Lipinski definition) is 5. The lowest BCUT2D eigenvalue weighted by atomic mass is 10.2. The van der Waals surface area contributed by atoms with Crippen molar-refractivity contribution >= 4 is 17.3 Å². The summed E-state index contributed by atoms with van der Waals surface area (Å²) >= 11 is 0. The summed E-state index contributed by atoms with van der Waals surface area (Å²) in [7, 11) is 0. The molecule has 9 nitrogen and oxygen atoms in total. The molecule has 0 aliphatic heterocycles. The summed E-state index contributed by atoms with van der Waals surface area (Å²) in [5, 5.41) is 22.0. The van der Waals surface area contributed by atoms with Crippen molar-refractivity contribution in [3.8, 4) is 0 Å². The number of carbonyl (C=O) groups excluding carboxylic acids is 1. The number of anilines is 1. The van der Waals surface area contributed by atoms with Gasteiger partial charge in [-0.1, -0.05) is 18.2 Å². The van der Waals surface area contributed by atoms with Gasteiger partial charge >= 0.3 is 5.69 Å². The van der Waals surface area contributed by atoms with Gasteiger partial charge in [-0.25, -0.2) is 4.39 Å². The zero-order valence-corrected chi connectivity index (χ0v) is 15.4. The Morgan fingerprint density at radius 3 is 2.75 bits per heavy atom. The van der Waals surface area contributed by atoms with E-state index in [1.165, 1.54) is 21.6 Å². The Labute approximate surface area is 159 Å². The fourth-order valence-electron chi connectivity index (χ4n) is 2.92. The molecule has 0 saturated heterocycles. The maximum absolute atomic E-state index is 13.7. The number of nitrogens with zero attached hydrogens (tertiary/aromatic N) is 5. The third-order valence-electron chi connectivity index (χ3n) is 4.28. The molecule has 0 atom stereocenters. The summed E-state index contributed by atoms with van der Waals surface area (Å²) in [6.45, 7) is 3.63. The van der Waals surface area contributed by atoms with Crippen LogP contribution in [0, 0.1) is 29.8 Å². The molecule has 1 amide bonds. The third-order valence-corrected chi connectivity index (χ3v) is 4.28. The van der Waals surface area contributed by atoms with E-state index in [9.17, 15) is 19.3 Å². The summed E-state index contributed by atoms with van der Waals surface area (Å²) < 4.78 is 16.7. The standard InChI is InChI=1S/C18H19FN6O3/c1-12-18(25(27)28)13(2)24(22-12)8-7-17(26)21-15-9-20-23(11-15)10-14-5-3-4-6-16(14)19/h3-6,9,11H,7-8,10H2,1-2H3,(H,21,26). The first-order chi connectivity index (χ1) is 13.3. The lowest BCUT2D eigenvalue weighted by molar-refractivity contribution is -0.386. The lowest BCUT2D eigenvalue weighted by Gasteiger charge is -2.05. The van der Waals surface area contributed by atoms with Gasteiger partial charge < -0.3 is 5.32 Å². The Morgan fingerprint density at radius 2 is 2.07 bits per heavy atom. The predicted octanol–water partition coefficient (Wildman–Crippen LogP) is 2.82. The molecule has 0 fully saturated rings. The van der Waals surface area contributed by atoms with Crippen molar-refractivity contribution in [2.45, 2.75) is 33.4 Å². The summed E-state index contributed by atoms with van der Waals surface area (Å²) in [6, 6.07) is 6.41. The van der Waals surface area contributed by atoms with Crippen LogP contribution in [0.15, 0.2) is 36.7 Å². The Bertz CT molecular complexity index is 1030. The fraction of sp³-hybridized carbons (Fsp3) is 0.278. The van der Waals surface area contributed by atoms with Gasteiger partial charge in [-0.2, -0.15) is 10.2 Å². The number of rotatable bonds is 7. The molecule has 0 aliphatic rings. The average molecular weight is 386 g/mol. The predicted molar refractivity (Wildman–Crippen MR) is 99.3 cm³/mol. The van der Waals surface area contributed by atoms with Crippen LogP contribution in [-0.2, 0) is 17.9 Å². The summed E-state index contributed by atoms with van der Waals surface area (Å²) in [6.07, 6.45) is 3.18. The number of benzene rings is 1. The summed E-state index contributed by atoms with van der Waals surface area (Å²) in [5.74, 6) is -0.594. The number of nitro groups is 1. The number of hydrogen-bond donors (Lipinski definition) is 1. The molecule has 3 aromatic rings. The number of aromatic nitrogens is 4. The fourth-order valence-corrected chi connectivity index (χ4v) is 2.92. The van der Waals surface area contributed by atoms with Gasteiger partial charge in [0.2, 0.25) is 5.91 Å². The lowest BCUT2D eigenvalue weighted by Crippen LogP contribution is -2.15. The van der Waals surface area contributed by atoms with Crippen molar-refractivity contribution < 1.29 is 14.1 Å². The first kappa shape index (κ1) is 19.2. The van der Waals surface area contributed by atoms with Crippen LogP contribution in [0.25, 0.3) is 0 Å². The molecular weight excluding hydrogens is 367 g/mol. The van der Waals surface area contributed by atoms with Gasteiger partial charge in [-0.15, -0.1) is 0 Å². The first-order valence-corrected chi connectivity index (χ1v) is 8.59. The third kappa shape index (κ3) is 4.22. The van der Waals surface area contributed by atoms with Crippen LogP contribution in [0.5, 0.6) is 0 Å². The molecule has 0 saturated carbocycles. The Balaban J connectivity index is 1.57. The highest BCUT2D eigenvalue weighted by Gasteiger charge is 2.21. The summed E-state index contributed by atoms with van der Waals surface area (Å²) in [4.78, 5) is 22.7. The molecule has 146 valence electrons. The van der Waals surface area contributed by atoms with Crippen molar-refractivity contribution in [3.05, 3.63) is 69.5 Å². The molecule has 2 heterocycles. The Kier molecular flexibility index (Phi) is 5.48. The molecule has 0 bridgehead atoms. The molecule has 0 aliphatic carbocycles. The van der Waals surface area contributed by atoms with Crippen LogP contribution in [0.3, 0.4) is 0 Å². The molecular formula is C18H19FN6O3. The quantitative estimate of drug-likeness (QED) is 0.496. The Hall–Kier alpha value is -3.56. The maximum Gasteiger partial charge on any atom is 0.312 e. The van der Waals surface area contributed by atoms with Crippen LogP contribution >= 0.6 is 0 Å². The minimum absolute atomic E-state index is 0.0326. The van der Waals surface area contributed by atoms with E-state index in [4.69, 9.17) is 0 Å². The molecule has 28 heavy (non-hydrogen) atoms. The first-order valence-electron chi connectivity index (χ1n) is 8.59. The number of aryl methyl sites for hydroxylation is 2. The van der Waals surface area contributed by atoms with Gasteiger partial charge in [0, 0.05) is 18.2 Å². The van der Waals surface area contributed by atoms with E-state index in [0.29, 0.717) is 22.6 Å². The van der Waals surface area contributed by atoms with Gasteiger partial charge in [0.1, 0.15) is 17.2 Å². The minimum atomic E-state index is -0.474. The SMILES string of the molecule is Cc1nn(CCC(=O)Nc2cnn(Cc3ccccc3F)c2)c(C)c1[N+](=O)[O-]. The summed E-state index contributed by atoms with van der Waals surface area (Å²) in [5.41, 5.74) is 1.68. The van der Waals surface area contributed by atoms with E-state index in [1.807, 2.05) is 0 Å². The molecule has 10 heteroatoms. The topological polar surface area (TPSA) is 108 Å². The molecule has 0 spiro atoms. The second kappa shape index (κ2) is 7.99. The van der Waals surface area contributed by atoms with E-state index < -0.39 is 4.92 Å². The smallest absolute Gasteiger partial charge is 0.312 e. The van der Waals surface area contributed by atoms with Gasteiger partial charge in [0.15, 0.2) is 0 Å². The van der Waals surface area contributed by atoms with Crippen LogP contribution in [0.1, 0.15) is 23.4 Å². The zero-order valence-electron chi connectivity index (χ0n) is 15.4. The van der Waals surface area contributed by atoms with E-state index in [2.05, 4.69) is 15.5 Å². The average Bonchev–Trinajstić information content (AvgIpc) is 3.18. The zero-order chi connectivity index (χ0) is 20.3. The molecule has 1 aromatic carbocycles. The number of nitrogens with one attached hydrogen (secondary N) is 1. The monoisotopic (exact) mass is 386 g/mol. The Morgan fingerprint density at radius 1 is 1.32 bits per heavy atom. The number of carbonyl (C=O) groups is 1. The largest absolute Gasteiger partial charge is 0.323 e. The van der Waals surface area contributed by atoms with E-state index in [1.54, 1.807) is 38.2 Å². The van der Waals surface area contributed by atoms with Crippen LogP contribution < -0.4 is 5.32 Å². The van der Waals surface area contributed by atoms with Crippen molar-refractivity contribution in [3.63, 3.8) is 0 Å². The molecule has 1 N–H and O–H groups in total. The highest BCUT2D eigenvalue weighted by Crippen LogP contribution is 2.22.